The van der Waals surface area contributed by atoms with Crippen LogP contribution in [-0.2, 0) is 4.79 Å². The van der Waals surface area contributed by atoms with Gasteiger partial charge in [-0.3, -0.25) is 10.1 Å². The van der Waals surface area contributed by atoms with Crippen LogP contribution in [0, 0.1) is 0 Å². The second-order valence-corrected chi connectivity index (χ2v) is 4.39. The molecule has 1 rings (SSSR count). The van der Waals surface area contributed by atoms with Crippen molar-refractivity contribution in [2.24, 2.45) is 5.73 Å². The summed E-state index contributed by atoms with van der Waals surface area (Å²) in [5, 5.41) is 3.31. The quantitative estimate of drug-likeness (QED) is 0.601. The number of hydrogen-bond acceptors (Lipinski definition) is 2. The molecule has 3 N–H and O–H groups in total. The van der Waals surface area contributed by atoms with Gasteiger partial charge in [-0.1, -0.05) is 6.08 Å². The first kappa shape index (κ1) is 9.26. The van der Waals surface area contributed by atoms with Crippen molar-refractivity contribution in [2.75, 3.05) is 0 Å². The molecular formula is C9H16N2O. The highest BCUT2D eigenvalue weighted by Crippen LogP contribution is 2.28. The lowest BCUT2D eigenvalue weighted by molar-refractivity contribution is -0.115. The lowest BCUT2D eigenvalue weighted by atomic mass is 9.96. The summed E-state index contributed by atoms with van der Waals surface area (Å²) in [6.45, 7) is 7.95. The van der Waals surface area contributed by atoms with Crippen LogP contribution in [-0.4, -0.2) is 17.0 Å². The van der Waals surface area contributed by atoms with Crippen LogP contribution in [0.3, 0.4) is 0 Å². The summed E-state index contributed by atoms with van der Waals surface area (Å²) in [7, 11) is 0. The van der Waals surface area contributed by atoms with Gasteiger partial charge in [-0.25, -0.2) is 0 Å². The van der Waals surface area contributed by atoms with E-state index >= 15 is 0 Å². The van der Waals surface area contributed by atoms with E-state index in [9.17, 15) is 4.79 Å². The van der Waals surface area contributed by atoms with Gasteiger partial charge in [-0.2, -0.15) is 0 Å². The number of hydrogen-bond donors (Lipinski definition) is 2. The molecule has 0 unspecified atom stereocenters. The van der Waals surface area contributed by atoms with Crippen molar-refractivity contribution in [1.82, 2.24) is 5.32 Å². The van der Waals surface area contributed by atoms with Crippen LogP contribution in [0.4, 0.5) is 0 Å². The topological polar surface area (TPSA) is 55.1 Å². The highest BCUT2D eigenvalue weighted by molar-refractivity contribution is 5.95. The van der Waals surface area contributed by atoms with Crippen molar-refractivity contribution in [3.63, 3.8) is 0 Å². The van der Waals surface area contributed by atoms with Gasteiger partial charge in [0.15, 0.2) is 0 Å². The molecule has 0 bridgehead atoms. The van der Waals surface area contributed by atoms with E-state index in [0.29, 0.717) is 5.57 Å². The van der Waals surface area contributed by atoms with E-state index in [1.165, 1.54) is 0 Å². The molecule has 0 fully saturated rings. The van der Waals surface area contributed by atoms with E-state index in [4.69, 9.17) is 5.73 Å². The Morgan fingerprint density at radius 2 is 1.92 bits per heavy atom. The highest BCUT2D eigenvalue weighted by Gasteiger charge is 2.38. The zero-order valence-electron chi connectivity index (χ0n) is 8.06. The molecule has 1 heterocycles. The second kappa shape index (κ2) is 2.33. The predicted molar refractivity (Wildman–Crippen MR) is 48.6 cm³/mol. The Bertz CT molecular complexity index is 251. The Balaban J connectivity index is 3.04. The molecule has 12 heavy (non-hydrogen) atoms. The first-order chi connectivity index (χ1) is 5.25. The average molecular weight is 168 g/mol. The minimum Gasteiger partial charge on any atom is -0.366 e. The van der Waals surface area contributed by atoms with Crippen LogP contribution in [0.1, 0.15) is 27.7 Å². The standard InChI is InChI=1S/C9H16N2O/c1-8(2)5-6(7(10)12)9(3,4)11-8/h5,11H,1-4H3,(H2,10,12). The molecule has 0 aromatic rings. The maximum atomic E-state index is 11.0. The van der Waals surface area contributed by atoms with E-state index in [1.54, 1.807) is 0 Å². The normalized spacial score (nSPS) is 25.2. The van der Waals surface area contributed by atoms with Crippen LogP contribution in [0.5, 0.6) is 0 Å². The van der Waals surface area contributed by atoms with Gasteiger partial charge in [-0.15, -0.1) is 0 Å². The molecule has 1 amide bonds. The minimum absolute atomic E-state index is 0.131. The molecular weight excluding hydrogens is 152 g/mol. The lowest BCUT2D eigenvalue weighted by Crippen LogP contribution is -2.47. The molecule has 0 saturated carbocycles. The summed E-state index contributed by atoms with van der Waals surface area (Å²) < 4.78 is 0. The van der Waals surface area contributed by atoms with Crippen LogP contribution in [0.15, 0.2) is 11.6 Å². The Kier molecular flexibility index (Phi) is 1.80. The zero-order valence-corrected chi connectivity index (χ0v) is 8.06. The van der Waals surface area contributed by atoms with Crippen LogP contribution < -0.4 is 11.1 Å². The fourth-order valence-electron chi connectivity index (χ4n) is 1.83. The molecule has 68 valence electrons. The minimum atomic E-state index is -0.335. The Morgan fingerprint density at radius 3 is 2.08 bits per heavy atom. The third-order valence-corrected chi connectivity index (χ3v) is 2.08. The number of nitrogens with two attached hydrogens (primary N) is 1. The van der Waals surface area contributed by atoms with Crippen molar-refractivity contribution >= 4 is 5.91 Å². The number of carbonyl (C=O) groups excluding carboxylic acids is 1. The van der Waals surface area contributed by atoms with Crippen molar-refractivity contribution in [2.45, 2.75) is 38.8 Å². The van der Waals surface area contributed by atoms with Gasteiger partial charge < -0.3 is 5.73 Å². The summed E-state index contributed by atoms with van der Waals surface area (Å²) in [6.07, 6.45) is 1.90. The maximum absolute atomic E-state index is 11.0. The van der Waals surface area contributed by atoms with E-state index in [0.717, 1.165) is 0 Å². The smallest absolute Gasteiger partial charge is 0.246 e. The van der Waals surface area contributed by atoms with Crippen molar-refractivity contribution in [3.05, 3.63) is 11.6 Å². The Labute approximate surface area is 73.0 Å². The van der Waals surface area contributed by atoms with Gasteiger partial charge in [0, 0.05) is 16.7 Å². The van der Waals surface area contributed by atoms with Crippen molar-refractivity contribution in [3.8, 4) is 0 Å². The molecule has 0 aromatic carbocycles. The summed E-state index contributed by atoms with van der Waals surface area (Å²) >= 11 is 0. The second-order valence-electron chi connectivity index (χ2n) is 4.39. The Morgan fingerprint density at radius 1 is 1.42 bits per heavy atom. The molecule has 3 heteroatoms. The molecule has 1 aliphatic heterocycles. The van der Waals surface area contributed by atoms with Crippen LogP contribution in [0.25, 0.3) is 0 Å². The first-order valence-electron chi connectivity index (χ1n) is 4.07. The largest absolute Gasteiger partial charge is 0.366 e. The lowest BCUT2D eigenvalue weighted by Gasteiger charge is -2.26. The summed E-state index contributed by atoms with van der Waals surface area (Å²) in [4.78, 5) is 11.0. The van der Waals surface area contributed by atoms with Crippen LogP contribution >= 0.6 is 0 Å². The monoisotopic (exact) mass is 168 g/mol. The molecule has 0 radical (unpaired) electrons. The highest BCUT2D eigenvalue weighted by atomic mass is 16.1. The summed E-state index contributed by atoms with van der Waals surface area (Å²) in [5.41, 5.74) is 5.49. The third-order valence-electron chi connectivity index (χ3n) is 2.08. The van der Waals surface area contributed by atoms with Gasteiger partial charge in [0.1, 0.15) is 0 Å². The molecule has 3 nitrogen and oxygen atoms in total. The van der Waals surface area contributed by atoms with E-state index in [2.05, 4.69) is 5.32 Å². The average Bonchev–Trinajstić information content (AvgIpc) is 1.99. The van der Waals surface area contributed by atoms with Crippen molar-refractivity contribution in [1.29, 1.82) is 0 Å². The summed E-state index contributed by atoms with van der Waals surface area (Å²) in [6, 6.07) is 0. The fraction of sp³-hybridized carbons (Fsp3) is 0.667. The zero-order chi connectivity index (χ0) is 9.57. The number of nitrogens with one attached hydrogen (secondary N) is 1. The van der Waals surface area contributed by atoms with Gasteiger partial charge in [-0.05, 0) is 27.7 Å². The maximum Gasteiger partial charge on any atom is 0.246 e. The summed E-state index contributed by atoms with van der Waals surface area (Å²) in [5.74, 6) is -0.335. The van der Waals surface area contributed by atoms with Gasteiger partial charge >= 0.3 is 0 Å². The molecule has 0 aromatic heterocycles. The van der Waals surface area contributed by atoms with Crippen LogP contribution in [0.2, 0.25) is 0 Å². The fourth-order valence-corrected chi connectivity index (χ4v) is 1.83. The Hall–Kier alpha value is -0.830. The van der Waals surface area contributed by atoms with Gasteiger partial charge in [0.05, 0.1) is 0 Å². The molecule has 0 aliphatic carbocycles. The SMILES string of the molecule is CC1(C)C=C(C(N)=O)C(C)(C)N1. The molecule has 0 spiro atoms. The molecule has 0 saturated heterocycles. The van der Waals surface area contributed by atoms with E-state index in [-0.39, 0.29) is 17.0 Å². The first-order valence-corrected chi connectivity index (χ1v) is 4.07. The van der Waals surface area contributed by atoms with Crippen molar-refractivity contribution < 1.29 is 4.79 Å². The number of primary amides is 1. The van der Waals surface area contributed by atoms with E-state index in [1.807, 2.05) is 33.8 Å². The van der Waals surface area contributed by atoms with Gasteiger partial charge in [0.2, 0.25) is 5.91 Å². The molecule has 0 atom stereocenters. The van der Waals surface area contributed by atoms with E-state index < -0.39 is 0 Å². The van der Waals surface area contributed by atoms with Gasteiger partial charge in [0.25, 0.3) is 0 Å². The number of amides is 1. The third kappa shape index (κ3) is 1.50. The molecule has 1 aliphatic rings. The number of rotatable bonds is 1. The number of carbonyl (C=O) groups is 1. The predicted octanol–water partition coefficient (Wildman–Crippen LogP) is 0.558.